The van der Waals surface area contributed by atoms with Crippen LogP contribution >= 0.6 is 34.8 Å². The average Bonchev–Trinajstić information content (AvgIpc) is 3.99. The number of aryl methyl sites for hydroxylation is 4. The summed E-state index contributed by atoms with van der Waals surface area (Å²) >= 11 is 18.2. The summed E-state index contributed by atoms with van der Waals surface area (Å²) in [4.78, 5) is 0. The van der Waals surface area contributed by atoms with Gasteiger partial charge >= 0.3 is 21.4 Å². The van der Waals surface area contributed by atoms with Crippen molar-refractivity contribution in [3.05, 3.63) is 155 Å². The lowest BCUT2D eigenvalue weighted by atomic mass is 9.78. The Morgan fingerprint density at radius 3 is 1.47 bits per heavy atom. The smallest absolute Gasteiger partial charge is 0.457 e. The molecule has 0 radical (unpaired) electrons. The van der Waals surface area contributed by atoms with Gasteiger partial charge in [-0.1, -0.05) is 53.0 Å². The third-order valence-electron chi connectivity index (χ3n) is 11.3. The maximum absolute atomic E-state index is 9.71. The zero-order valence-corrected chi connectivity index (χ0v) is 38.8. The first-order valence-electron chi connectivity index (χ1n) is 20.4. The van der Waals surface area contributed by atoms with Crippen LogP contribution in [0.15, 0.2) is 72.8 Å². The summed E-state index contributed by atoms with van der Waals surface area (Å²) in [6, 6.07) is 27.2. The van der Waals surface area contributed by atoms with Gasteiger partial charge in [-0.05, 0) is 150 Å². The van der Waals surface area contributed by atoms with E-state index in [0.29, 0.717) is 86.1 Å². The molecule has 0 aliphatic carbocycles. The van der Waals surface area contributed by atoms with Gasteiger partial charge in [-0.15, -0.1) is 0 Å². The first-order chi connectivity index (χ1) is 31.5. The largest absolute Gasteiger partial charge is 0.491 e. The number of ether oxygens (including phenoxy) is 3. The molecule has 0 saturated carbocycles. The van der Waals surface area contributed by atoms with Gasteiger partial charge in [-0.2, -0.15) is 15.8 Å². The van der Waals surface area contributed by atoms with Crippen molar-refractivity contribution in [2.24, 2.45) is 0 Å². The SMILES string of the molecule is Cc1cc(Oc2ccc3c(c2C)COB3O)c(C#N)cc1Cl.Cc1cc(Oc2ccc3c(c2C)COB3O)cc(C#N)c1Cl.Cc1cc2c(cc1Oc1cc(C)c(Cl)c(C#N)c1)COB2O. The second kappa shape index (κ2) is 20.3. The zero-order valence-electron chi connectivity index (χ0n) is 36.5. The Morgan fingerprint density at radius 2 is 0.955 bits per heavy atom. The van der Waals surface area contributed by atoms with Crippen LogP contribution in [-0.4, -0.2) is 36.4 Å². The lowest BCUT2D eigenvalue weighted by molar-refractivity contribution is 0.274. The van der Waals surface area contributed by atoms with E-state index in [1.807, 2.05) is 53.7 Å². The Labute approximate surface area is 398 Å². The van der Waals surface area contributed by atoms with E-state index >= 15 is 0 Å². The summed E-state index contributed by atoms with van der Waals surface area (Å²) < 4.78 is 33.3. The van der Waals surface area contributed by atoms with Gasteiger partial charge in [-0.25, -0.2) is 0 Å². The van der Waals surface area contributed by atoms with E-state index < -0.39 is 21.4 Å². The van der Waals surface area contributed by atoms with Crippen LogP contribution in [0.1, 0.15) is 66.8 Å². The van der Waals surface area contributed by atoms with Gasteiger partial charge in [-0.3, -0.25) is 0 Å². The number of halogens is 3. The van der Waals surface area contributed by atoms with Gasteiger partial charge < -0.3 is 43.2 Å². The molecule has 0 spiro atoms. The minimum absolute atomic E-state index is 0.351. The summed E-state index contributed by atoms with van der Waals surface area (Å²) in [7, 11) is -2.62. The van der Waals surface area contributed by atoms with Crippen molar-refractivity contribution in [3.8, 4) is 52.7 Å². The van der Waals surface area contributed by atoms with Crippen LogP contribution in [0.25, 0.3) is 0 Å². The van der Waals surface area contributed by atoms with Crippen LogP contribution in [0, 0.1) is 75.5 Å². The number of fused-ring (bicyclic) bond motifs is 3. The molecular weight excluding hydrogens is 901 g/mol. The van der Waals surface area contributed by atoms with E-state index in [0.717, 1.165) is 66.5 Å². The summed E-state index contributed by atoms with van der Waals surface area (Å²) in [6.07, 6.45) is 0. The second-order valence-corrected chi connectivity index (χ2v) is 16.9. The highest BCUT2D eigenvalue weighted by atomic mass is 35.5. The molecule has 12 nitrogen and oxygen atoms in total. The molecule has 66 heavy (non-hydrogen) atoms. The fraction of sp³-hybridized carbons (Fsp3) is 0.188. The minimum Gasteiger partial charge on any atom is -0.457 e. The van der Waals surface area contributed by atoms with Crippen LogP contribution in [0.3, 0.4) is 0 Å². The first-order valence-corrected chi connectivity index (χ1v) is 21.6. The summed E-state index contributed by atoms with van der Waals surface area (Å²) in [5.74, 6) is 3.55. The van der Waals surface area contributed by atoms with Gasteiger partial charge in [0.25, 0.3) is 0 Å². The van der Waals surface area contributed by atoms with E-state index in [4.69, 9.17) is 73.5 Å². The Morgan fingerprint density at radius 1 is 0.485 bits per heavy atom. The molecule has 0 aromatic heterocycles. The molecule has 6 aromatic carbocycles. The quantitative estimate of drug-likeness (QED) is 0.135. The fourth-order valence-corrected chi connectivity index (χ4v) is 7.98. The number of nitrogens with zero attached hydrogens (tertiary/aromatic N) is 3. The molecule has 0 saturated heterocycles. The third kappa shape index (κ3) is 10.0. The minimum atomic E-state index is -0.879. The number of rotatable bonds is 6. The van der Waals surface area contributed by atoms with E-state index in [-0.39, 0.29) is 0 Å². The monoisotopic (exact) mass is 939 g/mol. The predicted molar refractivity (Wildman–Crippen MR) is 254 cm³/mol. The fourth-order valence-electron chi connectivity index (χ4n) is 7.51. The highest BCUT2D eigenvalue weighted by Gasteiger charge is 2.31. The predicted octanol–water partition coefficient (Wildman–Crippen LogP) is 8.52. The number of nitriles is 3. The summed E-state index contributed by atoms with van der Waals surface area (Å²) in [6.45, 7) is 12.3. The molecule has 0 unspecified atom stereocenters. The molecule has 3 N–H and O–H groups in total. The second-order valence-electron chi connectivity index (χ2n) is 15.8. The first kappa shape index (κ1) is 48.0. The van der Waals surface area contributed by atoms with E-state index in [9.17, 15) is 20.3 Å². The molecule has 3 aliphatic heterocycles. The van der Waals surface area contributed by atoms with Gasteiger partial charge in [0.05, 0.1) is 46.6 Å². The maximum Gasteiger partial charge on any atom is 0.491 e. The molecule has 0 bridgehead atoms. The standard InChI is InChI=1S/3C16H13BClNO3/c1-9-4-14-12(8-21-17(14)20)6-15(9)22-13-3-10(2)16(18)11(5-13)7-19;1-9-5-16(11(7-19)6-14(9)18)22-15-4-3-13-12(10(15)2)8-21-17(13)20;1-9-5-12(6-11(7-19)16(9)18)22-15-4-3-14-13(10(15)2)8-21-17(14)20/h3*3-6,20H,8H2,1-2H3. The topological polar surface area (TPSA) is 187 Å². The van der Waals surface area contributed by atoms with Crippen molar-refractivity contribution >= 4 is 72.5 Å². The van der Waals surface area contributed by atoms with Crippen LogP contribution in [0.2, 0.25) is 15.1 Å². The van der Waals surface area contributed by atoms with Crippen molar-refractivity contribution in [2.75, 3.05) is 0 Å². The van der Waals surface area contributed by atoms with E-state index in [2.05, 4.69) is 18.2 Å². The Bertz CT molecular complexity index is 2970. The van der Waals surface area contributed by atoms with Crippen molar-refractivity contribution in [1.82, 2.24) is 0 Å². The Hall–Kier alpha value is -5.99. The highest BCUT2D eigenvalue weighted by Crippen LogP contribution is 2.36. The molecule has 3 heterocycles. The van der Waals surface area contributed by atoms with Crippen LogP contribution < -0.4 is 30.6 Å². The molecule has 3 aliphatic rings. The van der Waals surface area contributed by atoms with Crippen molar-refractivity contribution in [2.45, 2.75) is 61.4 Å². The molecule has 0 amide bonds. The maximum atomic E-state index is 9.71. The van der Waals surface area contributed by atoms with Crippen molar-refractivity contribution in [3.63, 3.8) is 0 Å². The number of hydrogen-bond donors (Lipinski definition) is 3. The molecule has 330 valence electrons. The van der Waals surface area contributed by atoms with Gasteiger partial charge in [0.2, 0.25) is 0 Å². The molecule has 0 atom stereocenters. The van der Waals surface area contributed by atoms with Crippen LogP contribution in [-0.2, 0) is 33.8 Å². The van der Waals surface area contributed by atoms with Crippen molar-refractivity contribution < 1.29 is 43.2 Å². The lowest BCUT2D eigenvalue weighted by Crippen LogP contribution is -2.28. The number of benzene rings is 6. The van der Waals surface area contributed by atoms with Crippen LogP contribution in [0.4, 0.5) is 0 Å². The van der Waals surface area contributed by atoms with Crippen molar-refractivity contribution in [1.29, 1.82) is 15.8 Å². The van der Waals surface area contributed by atoms with E-state index in [1.54, 1.807) is 60.7 Å². The molecule has 18 heteroatoms. The Kier molecular flexibility index (Phi) is 14.7. The molecule has 0 fully saturated rings. The normalized spacial score (nSPS) is 13.0. The Balaban J connectivity index is 0.000000147. The summed E-state index contributed by atoms with van der Waals surface area (Å²) in [5.41, 5.74) is 11.3. The zero-order chi connectivity index (χ0) is 47.6. The van der Waals surface area contributed by atoms with Gasteiger partial charge in [0, 0.05) is 17.2 Å². The number of hydrogen-bond acceptors (Lipinski definition) is 12. The molecular formula is C48H39B3Cl3N3O9. The third-order valence-corrected chi connectivity index (χ3v) is 12.7. The summed E-state index contributed by atoms with van der Waals surface area (Å²) in [5, 5.41) is 58.0. The van der Waals surface area contributed by atoms with Crippen LogP contribution in [0.5, 0.6) is 34.5 Å². The molecule has 9 rings (SSSR count). The molecule has 6 aromatic rings. The highest BCUT2D eigenvalue weighted by molar-refractivity contribution is 6.62. The van der Waals surface area contributed by atoms with Gasteiger partial charge in [0.1, 0.15) is 52.7 Å². The lowest BCUT2D eigenvalue weighted by Gasteiger charge is -2.13. The van der Waals surface area contributed by atoms with Gasteiger partial charge in [0.15, 0.2) is 0 Å². The van der Waals surface area contributed by atoms with E-state index in [1.165, 1.54) is 0 Å². The average molecular weight is 941 g/mol.